The summed E-state index contributed by atoms with van der Waals surface area (Å²) in [5.74, 6) is 1.26. The maximum Gasteiger partial charge on any atom is 0.340 e. The molecule has 3 rings (SSSR count). The summed E-state index contributed by atoms with van der Waals surface area (Å²) in [5, 5.41) is 0.899. The molecule has 2 aromatic carbocycles. The minimum Gasteiger partial charge on any atom is -0.497 e. The van der Waals surface area contributed by atoms with E-state index >= 15 is 0 Å². The number of hydrogen-bond donors (Lipinski definition) is 0. The lowest BCUT2D eigenvalue weighted by Gasteiger charge is -2.11. The number of para-hydroxylation sites is 1. The standard InChI is InChI=1S/C20H21NO4/c1-14-19(20(22)24-3)17-6-4-5-7-18(17)21(14)12-13-25-16-10-8-15(23-2)9-11-16/h4-11H,12-13H2,1-3H3. The first kappa shape index (κ1) is 16.9. The van der Waals surface area contributed by atoms with E-state index in [2.05, 4.69) is 4.57 Å². The second-order valence-corrected chi connectivity index (χ2v) is 5.64. The van der Waals surface area contributed by atoms with E-state index in [1.807, 2.05) is 55.5 Å². The van der Waals surface area contributed by atoms with Gasteiger partial charge in [0.1, 0.15) is 18.1 Å². The average Bonchev–Trinajstić information content (AvgIpc) is 2.93. The van der Waals surface area contributed by atoms with Crippen LogP contribution in [0.4, 0.5) is 0 Å². The third-order valence-electron chi connectivity index (χ3n) is 4.26. The number of aromatic nitrogens is 1. The molecule has 0 aliphatic heterocycles. The third kappa shape index (κ3) is 3.31. The smallest absolute Gasteiger partial charge is 0.340 e. The number of fused-ring (bicyclic) bond motifs is 1. The van der Waals surface area contributed by atoms with Crippen molar-refractivity contribution in [1.29, 1.82) is 0 Å². The Balaban J connectivity index is 1.81. The van der Waals surface area contributed by atoms with Crippen LogP contribution in [0, 0.1) is 6.92 Å². The highest BCUT2D eigenvalue weighted by Crippen LogP contribution is 2.26. The lowest BCUT2D eigenvalue weighted by Crippen LogP contribution is -2.11. The van der Waals surface area contributed by atoms with Crippen molar-refractivity contribution in [2.45, 2.75) is 13.5 Å². The quantitative estimate of drug-likeness (QED) is 0.641. The molecule has 0 radical (unpaired) electrons. The summed E-state index contributed by atoms with van der Waals surface area (Å²) in [7, 11) is 3.04. The summed E-state index contributed by atoms with van der Waals surface area (Å²) >= 11 is 0. The van der Waals surface area contributed by atoms with Crippen molar-refractivity contribution >= 4 is 16.9 Å². The molecule has 0 aliphatic carbocycles. The molecular weight excluding hydrogens is 318 g/mol. The fourth-order valence-electron chi connectivity index (χ4n) is 3.01. The van der Waals surface area contributed by atoms with Gasteiger partial charge in [0.2, 0.25) is 0 Å². The molecule has 0 amide bonds. The Kier molecular flexibility index (Phi) is 4.93. The van der Waals surface area contributed by atoms with Crippen LogP contribution in [0.5, 0.6) is 11.5 Å². The van der Waals surface area contributed by atoms with Gasteiger partial charge in [-0.1, -0.05) is 18.2 Å². The summed E-state index contributed by atoms with van der Waals surface area (Å²) < 4.78 is 18.0. The summed E-state index contributed by atoms with van der Waals surface area (Å²) in [5.41, 5.74) is 2.49. The van der Waals surface area contributed by atoms with Crippen LogP contribution in [-0.2, 0) is 11.3 Å². The van der Waals surface area contributed by atoms with Crippen LogP contribution in [0.3, 0.4) is 0 Å². The maximum atomic E-state index is 12.1. The van der Waals surface area contributed by atoms with Crippen molar-refractivity contribution in [3.8, 4) is 11.5 Å². The SMILES string of the molecule is COC(=O)c1c(C)n(CCOc2ccc(OC)cc2)c2ccccc12. The number of nitrogens with zero attached hydrogens (tertiary/aromatic N) is 1. The van der Waals surface area contributed by atoms with Crippen LogP contribution in [0.15, 0.2) is 48.5 Å². The van der Waals surface area contributed by atoms with Gasteiger partial charge in [-0.15, -0.1) is 0 Å². The lowest BCUT2D eigenvalue weighted by molar-refractivity contribution is 0.0601. The minimum atomic E-state index is -0.316. The highest BCUT2D eigenvalue weighted by Gasteiger charge is 2.19. The number of ether oxygens (including phenoxy) is 3. The summed E-state index contributed by atoms with van der Waals surface area (Å²) in [4.78, 5) is 12.1. The summed E-state index contributed by atoms with van der Waals surface area (Å²) in [6.45, 7) is 3.06. The highest BCUT2D eigenvalue weighted by molar-refractivity contribution is 6.05. The number of methoxy groups -OCH3 is 2. The van der Waals surface area contributed by atoms with Gasteiger partial charge in [0, 0.05) is 16.6 Å². The zero-order valence-corrected chi connectivity index (χ0v) is 14.6. The van der Waals surface area contributed by atoms with Crippen LogP contribution < -0.4 is 9.47 Å². The molecule has 5 heteroatoms. The highest BCUT2D eigenvalue weighted by atomic mass is 16.5. The predicted molar refractivity (Wildman–Crippen MR) is 96.5 cm³/mol. The molecule has 0 spiro atoms. The van der Waals surface area contributed by atoms with Gasteiger partial charge in [-0.25, -0.2) is 4.79 Å². The molecule has 25 heavy (non-hydrogen) atoms. The zero-order valence-electron chi connectivity index (χ0n) is 14.6. The Labute approximate surface area is 146 Å². The number of rotatable bonds is 6. The summed E-state index contributed by atoms with van der Waals surface area (Å²) in [6.07, 6.45) is 0. The molecule has 1 heterocycles. The largest absolute Gasteiger partial charge is 0.497 e. The molecular formula is C20H21NO4. The van der Waals surface area contributed by atoms with E-state index in [4.69, 9.17) is 14.2 Å². The lowest BCUT2D eigenvalue weighted by atomic mass is 10.1. The van der Waals surface area contributed by atoms with Gasteiger partial charge in [0.25, 0.3) is 0 Å². The average molecular weight is 339 g/mol. The Bertz CT molecular complexity index is 881. The van der Waals surface area contributed by atoms with Crippen molar-refractivity contribution in [3.05, 3.63) is 59.8 Å². The number of hydrogen-bond acceptors (Lipinski definition) is 4. The fraction of sp³-hybridized carbons (Fsp3) is 0.250. The van der Waals surface area contributed by atoms with Crippen LogP contribution in [-0.4, -0.2) is 31.4 Å². The van der Waals surface area contributed by atoms with E-state index < -0.39 is 0 Å². The number of carbonyl (C=O) groups is 1. The second kappa shape index (κ2) is 7.30. The Hall–Kier alpha value is -2.95. The van der Waals surface area contributed by atoms with Gasteiger partial charge in [-0.3, -0.25) is 0 Å². The molecule has 0 atom stereocenters. The van der Waals surface area contributed by atoms with Gasteiger partial charge in [-0.05, 0) is 37.3 Å². The Morgan fingerprint density at radius 2 is 1.68 bits per heavy atom. The van der Waals surface area contributed by atoms with Crippen molar-refractivity contribution < 1.29 is 19.0 Å². The monoisotopic (exact) mass is 339 g/mol. The summed E-state index contributed by atoms with van der Waals surface area (Å²) in [6, 6.07) is 15.3. The van der Waals surface area contributed by atoms with E-state index in [9.17, 15) is 4.79 Å². The molecule has 0 unspecified atom stereocenters. The molecule has 0 saturated heterocycles. The molecule has 0 fully saturated rings. The second-order valence-electron chi connectivity index (χ2n) is 5.64. The van der Waals surface area contributed by atoms with Crippen molar-refractivity contribution in [1.82, 2.24) is 4.57 Å². The van der Waals surface area contributed by atoms with Gasteiger partial charge >= 0.3 is 5.97 Å². The predicted octanol–water partition coefficient (Wildman–Crippen LogP) is 3.82. The topological polar surface area (TPSA) is 49.7 Å². The molecule has 130 valence electrons. The molecule has 0 aliphatic rings. The normalized spacial score (nSPS) is 10.7. The van der Waals surface area contributed by atoms with Gasteiger partial charge in [-0.2, -0.15) is 0 Å². The van der Waals surface area contributed by atoms with Crippen molar-refractivity contribution in [2.75, 3.05) is 20.8 Å². The Morgan fingerprint density at radius 1 is 1.00 bits per heavy atom. The molecule has 0 saturated carbocycles. The fourth-order valence-corrected chi connectivity index (χ4v) is 3.01. The van der Waals surface area contributed by atoms with Gasteiger partial charge < -0.3 is 18.8 Å². The van der Waals surface area contributed by atoms with E-state index in [0.29, 0.717) is 18.7 Å². The first-order valence-corrected chi connectivity index (χ1v) is 8.08. The maximum absolute atomic E-state index is 12.1. The van der Waals surface area contributed by atoms with Gasteiger partial charge in [0.05, 0.1) is 26.3 Å². The number of benzene rings is 2. The number of carbonyl (C=O) groups excluding carboxylic acids is 1. The number of esters is 1. The third-order valence-corrected chi connectivity index (χ3v) is 4.26. The Morgan fingerprint density at radius 3 is 2.36 bits per heavy atom. The van der Waals surface area contributed by atoms with E-state index in [0.717, 1.165) is 28.1 Å². The van der Waals surface area contributed by atoms with Crippen LogP contribution in [0.25, 0.3) is 10.9 Å². The van der Waals surface area contributed by atoms with Crippen LogP contribution in [0.1, 0.15) is 16.1 Å². The van der Waals surface area contributed by atoms with E-state index in [1.54, 1.807) is 7.11 Å². The zero-order chi connectivity index (χ0) is 17.8. The molecule has 3 aromatic rings. The van der Waals surface area contributed by atoms with Gasteiger partial charge in [0.15, 0.2) is 0 Å². The molecule has 1 aromatic heterocycles. The van der Waals surface area contributed by atoms with E-state index in [-0.39, 0.29) is 5.97 Å². The molecule has 5 nitrogen and oxygen atoms in total. The van der Waals surface area contributed by atoms with Crippen LogP contribution in [0.2, 0.25) is 0 Å². The van der Waals surface area contributed by atoms with E-state index in [1.165, 1.54) is 7.11 Å². The first-order valence-electron chi connectivity index (χ1n) is 8.08. The molecule has 0 bridgehead atoms. The van der Waals surface area contributed by atoms with Crippen LogP contribution >= 0.6 is 0 Å². The minimum absolute atomic E-state index is 0.316. The van der Waals surface area contributed by atoms with Crippen molar-refractivity contribution in [3.63, 3.8) is 0 Å². The first-order chi connectivity index (χ1) is 12.2. The van der Waals surface area contributed by atoms with Crippen molar-refractivity contribution in [2.24, 2.45) is 0 Å². The molecule has 0 N–H and O–H groups in total.